The van der Waals surface area contributed by atoms with Gasteiger partial charge in [0.1, 0.15) is 5.82 Å². The molecule has 1 aromatic carbocycles. The highest BCUT2D eigenvalue weighted by Crippen LogP contribution is 2.19. The lowest BCUT2D eigenvalue weighted by molar-refractivity contribution is -0.115. The van der Waals surface area contributed by atoms with Crippen LogP contribution in [0.2, 0.25) is 0 Å². The third-order valence-electron chi connectivity index (χ3n) is 1.74. The van der Waals surface area contributed by atoms with Crippen molar-refractivity contribution in [1.29, 1.82) is 0 Å². The minimum absolute atomic E-state index is 0.0916. The van der Waals surface area contributed by atoms with E-state index in [1.807, 2.05) is 6.26 Å². The van der Waals surface area contributed by atoms with Gasteiger partial charge in [0.15, 0.2) is 0 Å². The summed E-state index contributed by atoms with van der Waals surface area (Å²) in [6.45, 7) is 0. The zero-order chi connectivity index (χ0) is 11.3. The van der Waals surface area contributed by atoms with Crippen LogP contribution in [0, 0.1) is 5.82 Å². The fourth-order valence-corrected chi connectivity index (χ4v) is 1.63. The van der Waals surface area contributed by atoms with E-state index in [9.17, 15) is 9.18 Å². The maximum absolute atomic E-state index is 13.1. The van der Waals surface area contributed by atoms with Gasteiger partial charge in [0.05, 0.1) is 4.47 Å². The van der Waals surface area contributed by atoms with Crippen LogP contribution in [-0.4, -0.2) is 17.9 Å². The van der Waals surface area contributed by atoms with E-state index in [0.717, 1.165) is 5.75 Å². The van der Waals surface area contributed by atoms with E-state index in [1.165, 1.54) is 6.07 Å². The zero-order valence-electron chi connectivity index (χ0n) is 8.22. The summed E-state index contributed by atoms with van der Waals surface area (Å²) in [4.78, 5) is 11.3. The monoisotopic (exact) mass is 291 g/mol. The van der Waals surface area contributed by atoms with Crippen molar-refractivity contribution in [3.05, 3.63) is 28.5 Å². The number of carbonyl (C=O) groups is 1. The van der Waals surface area contributed by atoms with E-state index in [2.05, 4.69) is 21.2 Å². The number of halogens is 2. The highest BCUT2D eigenvalue weighted by molar-refractivity contribution is 9.10. The molecule has 2 nitrogen and oxygen atoms in total. The minimum atomic E-state index is -0.377. The molecule has 0 aromatic heterocycles. The predicted octanol–water partition coefficient (Wildman–Crippen LogP) is 3.28. The first-order valence-corrected chi connectivity index (χ1v) is 6.56. The molecule has 82 valence electrons. The van der Waals surface area contributed by atoms with Gasteiger partial charge in [-0.15, -0.1) is 0 Å². The summed E-state index contributed by atoms with van der Waals surface area (Å²) in [5, 5.41) is 2.63. The molecule has 15 heavy (non-hydrogen) atoms. The SMILES string of the molecule is CSCCC(=O)Nc1ccc(Br)c(F)c1. The quantitative estimate of drug-likeness (QED) is 0.922. The van der Waals surface area contributed by atoms with Crippen LogP contribution in [0.15, 0.2) is 22.7 Å². The van der Waals surface area contributed by atoms with E-state index in [1.54, 1.807) is 23.9 Å². The maximum Gasteiger partial charge on any atom is 0.225 e. The number of thioether (sulfide) groups is 1. The van der Waals surface area contributed by atoms with Crippen molar-refractivity contribution in [2.24, 2.45) is 0 Å². The first-order chi connectivity index (χ1) is 7.13. The van der Waals surface area contributed by atoms with Gasteiger partial charge in [-0.2, -0.15) is 11.8 Å². The lowest BCUT2D eigenvalue weighted by Crippen LogP contribution is -2.12. The Bertz CT molecular complexity index is 359. The van der Waals surface area contributed by atoms with Gasteiger partial charge in [0, 0.05) is 17.9 Å². The molecule has 0 fully saturated rings. The molecule has 0 atom stereocenters. The Hall–Kier alpha value is -0.550. The molecule has 0 aliphatic rings. The van der Waals surface area contributed by atoms with Crippen LogP contribution >= 0.6 is 27.7 Å². The van der Waals surface area contributed by atoms with Gasteiger partial charge in [-0.1, -0.05) is 0 Å². The fourth-order valence-electron chi connectivity index (χ4n) is 0.992. The molecule has 0 aliphatic carbocycles. The van der Waals surface area contributed by atoms with Crippen LogP contribution in [0.1, 0.15) is 6.42 Å². The molecule has 0 heterocycles. The van der Waals surface area contributed by atoms with Crippen molar-refractivity contribution >= 4 is 39.3 Å². The number of carbonyl (C=O) groups excluding carboxylic acids is 1. The van der Waals surface area contributed by atoms with Crippen LogP contribution < -0.4 is 5.32 Å². The van der Waals surface area contributed by atoms with E-state index in [4.69, 9.17) is 0 Å². The van der Waals surface area contributed by atoms with E-state index >= 15 is 0 Å². The van der Waals surface area contributed by atoms with Crippen LogP contribution in [-0.2, 0) is 4.79 Å². The van der Waals surface area contributed by atoms with Crippen LogP contribution in [0.4, 0.5) is 10.1 Å². The van der Waals surface area contributed by atoms with Gasteiger partial charge in [-0.05, 0) is 40.4 Å². The topological polar surface area (TPSA) is 29.1 Å². The predicted molar refractivity (Wildman–Crippen MR) is 65.7 cm³/mol. The van der Waals surface area contributed by atoms with E-state index in [-0.39, 0.29) is 11.7 Å². The molecule has 0 radical (unpaired) electrons. The molecule has 0 aliphatic heterocycles. The Morgan fingerprint density at radius 3 is 2.93 bits per heavy atom. The molecule has 0 saturated heterocycles. The molecule has 0 unspecified atom stereocenters. The fraction of sp³-hybridized carbons (Fsp3) is 0.300. The van der Waals surface area contributed by atoms with E-state index in [0.29, 0.717) is 16.6 Å². The van der Waals surface area contributed by atoms with Crippen molar-refractivity contribution in [1.82, 2.24) is 0 Å². The summed E-state index contributed by atoms with van der Waals surface area (Å²) >= 11 is 4.65. The lowest BCUT2D eigenvalue weighted by atomic mass is 10.3. The summed E-state index contributed by atoms with van der Waals surface area (Å²) < 4.78 is 13.5. The molecular formula is C10H11BrFNOS. The zero-order valence-corrected chi connectivity index (χ0v) is 10.6. The van der Waals surface area contributed by atoms with Gasteiger partial charge < -0.3 is 5.32 Å². The highest BCUT2D eigenvalue weighted by atomic mass is 79.9. The number of rotatable bonds is 4. The van der Waals surface area contributed by atoms with Crippen molar-refractivity contribution in [2.75, 3.05) is 17.3 Å². The number of nitrogens with one attached hydrogen (secondary N) is 1. The van der Waals surface area contributed by atoms with Crippen molar-refractivity contribution in [3.8, 4) is 0 Å². The Morgan fingerprint density at radius 2 is 2.33 bits per heavy atom. The Labute approximate surface area is 101 Å². The lowest BCUT2D eigenvalue weighted by Gasteiger charge is -2.05. The van der Waals surface area contributed by atoms with Crippen molar-refractivity contribution in [2.45, 2.75) is 6.42 Å². The molecule has 1 N–H and O–H groups in total. The summed E-state index contributed by atoms with van der Waals surface area (Å²) in [5.74, 6) is 0.300. The molecule has 1 aromatic rings. The first kappa shape index (κ1) is 12.5. The van der Waals surface area contributed by atoms with E-state index < -0.39 is 0 Å². The highest BCUT2D eigenvalue weighted by Gasteiger charge is 2.04. The third-order valence-corrected chi connectivity index (χ3v) is 2.99. The Kier molecular flexibility index (Phi) is 5.11. The first-order valence-electron chi connectivity index (χ1n) is 4.37. The molecule has 0 saturated carbocycles. The van der Waals surface area contributed by atoms with Gasteiger partial charge in [0.25, 0.3) is 0 Å². The molecular weight excluding hydrogens is 281 g/mol. The largest absolute Gasteiger partial charge is 0.326 e. The van der Waals surface area contributed by atoms with Crippen LogP contribution in [0.5, 0.6) is 0 Å². The van der Waals surface area contributed by atoms with Crippen molar-refractivity contribution in [3.63, 3.8) is 0 Å². The van der Waals surface area contributed by atoms with Gasteiger partial charge in [0.2, 0.25) is 5.91 Å². The molecule has 1 rings (SSSR count). The summed E-state index contributed by atoms with van der Waals surface area (Å²) in [7, 11) is 0. The number of hydrogen-bond acceptors (Lipinski definition) is 2. The number of benzene rings is 1. The second kappa shape index (κ2) is 6.12. The number of amides is 1. The smallest absolute Gasteiger partial charge is 0.225 e. The Morgan fingerprint density at radius 1 is 1.60 bits per heavy atom. The second-order valence-corrected chi connectivity index (χ2v) is 4.76. The molecule has 1 amide bonds. The average Bonchev–Trinajstić information content (AvgIpc) is 2.20. The Balaban J connectivity index is 2.57. The van der Waals surface area contributed by atoms with Crippen molar-refractivity contribution < 1.29 is 9.18 Å². The van der Waals surface area contributed by atoms with Gasteiger partial charge in [-0.25, -0.2) is 4.39 Å². The summed E-state index contributed by atoms with van der Waals surface area (Å²) in [6.07, 6.45) is 2.38. The molecule has 0 spiro atoms. The van der Waals surface area contributed by atoms with Gasteiger partial charge in [-0.3, -0.25) is 4.79 Å². The molecule has 5 heteroatoms. The number of anilines is 1. The normalized spacial score (nSPS) is 10.1. The van der Waals surface area contributed by atoms with Crippen LogP contribution in [0.3, 0.4) is 0 Å². The second-order valence-electron chi connectivity index (χ2n) is 2.92. The molecule has 0 bridgehead atoms. The summed E-state index contributed by atoms with van der Waals surface area (Å²) in [6, 6.07) is 4.52. The minimum Gasteiger partial charge on any atom is -0.326 e. The average molecular weight is 292 g/mol. The maximum atomic E-state index is 13.1. The summed E-state index contributed by atoms with van der Waals surface area (Å²) in [5.41, 5.74) is 0.488. The number of hydrogen-bond donors (Lipinski definition) is 1. The third kappa shape index (κ3) is 4.22. The standard InChI is InChI=1S/C10H11BrFNOS/c1-15-5-4-10(14)13-7-2-3-8(11)9(12)6-7/h2-3,6H,4-5H2,1H3,(H,13,14). The van der Waals surface area contributed by atoms with Gasteiger partial charge >= 0.3 is 0 Å². The van der Waals surface area contributed by atoms with Crippen LogP contribution in [0.25, 0.3) is 0 Å².